The van der Waals surface area contributed by atoms with E-state index >= 15 is 0 Å². The number of nitrogens with zero attached hydrogens (tertiary/aromatic N) is 4. The number of aliphatic carboxylic acids is 1. The van der Waals surface area contributed by atoms with Crippen LogP contribution >= 0.6 is 11.3 Å². The van der Waals surface area contributed by atoms with Crippen molar-refractivity contribution in [3.05, 3.63) is 52.5 Å². The molecule has 15 heteroatoms. The molecule has 0 atom stereocenters. The molecule has 9 nitrogen and oxygen atoms in total. The fraction of sp³-hybridized carbons (Fsp3) is 0.407. The molecule has 2 aliphatic rings. The Morgan fingerprint density at radius 3 is 2.45 bits per heavy atom. The highest BCUT2D eigenvalue weighted by Gasteiger charge is 2.44. The summed E-state index contributed by atoms with van der Waals surface area (Å²) in [5.41, 5.74) is -0.582. The predicted octanol–water partition coefficient (Wildman–Crippen LogP) is 5.24. The molecular formula is C27H26F5N5O4S. The molecule has 0 spiro atoms. The summed E-state index contributed by atoms with van der Waals surface area (Å²) in [6, 6.07) is 6.64. The molecule has 4 heterocycles. The number of likely N-dealkylation sites (tertiary alicyclic amines) is 1. The van der Waals surface area contributed by atoms with Crippen LogP contribution < -0.4 is 15.0 Å². The molecule has 2 aromatic heterocycles. The Kier molecular flexibility index (Phi) is 8.07. The lowest BCUT2D eigenvalue weighted by atomic mass is 9.97. The topological polar surface area (TPSA) is 108 Å². The smallest absolute Gasteiger partial charge is 0.419 e. The van der Waals surface area contributed by atoms with Gasteiger partial charge in [0.1, 0.15) is 11.6 Å². The van der Waals surface area contributed by atoms with E-state index in [2.05, 4.69) is 15.3 Å². The van der Waals surface area contributed by atoms with Gasteiger partial charge in [-0.2, -0.15) is 13.2 Å². The lowest BCUT2D eigenvalue weighted by Gasteiger charge is -2.38. The lowest BCUT2D eigenvalue weighted by molar-refractivity contribution is -0.142. The van der Waals surface area contributed by atoms with Crippen LogP contribution in [0.1, 0.15) is 33.6 Å². The molecule has 5 rings (SSSR count). The second kappa shape index (κ2) is 11.4. The van der Waals surface area contributed by atoms with E-state index in [1.165, 1.54) is 17.2 Å². The molecule has 1 amide bonds. The maximum atomic E-state index is 13.7. The molecule has 1 aromatic carbocycles. The number of benzene rings is 1. The number of carbonyl (C=O) groups excluding carboxylic acids is 1. The molecule has 0 saturated carbocycles. The first-order valence-corrected chi connectivity index (χ1v) is 13.8. The number of methoxy groups -OCH3 is 1. The number of halogens is 5. The number of amides is 1. The van der Waals surface area contributed by atoms with Gasteiger partial charge in [-0.25, -0.2) is 18.7 Å². The van der Waals surface area contributed by atoms with Gasteiger partial charge >= 0.3 is 12.1 Å². The summed E-state index contributed by atoms with van der Waals surface area (Å²) in [7, 11) is 1.12. The number of ether oxygens (including phenoxy) is 1. The molecule has 0 aliphatic carbocycles. The zero-order chi connectivity index (χ0) is 30.2. The predicted molar refractivity (Wildman–Crippen MR) is 144 cm³/mol. The molecule has 3 aromatic rings. The molecule has 2 saturated heterocycles. The van der Waals surface area contributed by atoms with Crippen LogP contribution in [-0.4, -0.2) is 71.1 Å². The van der Waals surface area contributed by atoms with Gasteiger partial charge in [0.25, 0.3) is 11.8 Å². The van der Waals surface area contributed by atoms with Crippen molar-refractivity contribution >= 4 is 34.2 Å². The average molecular weight is 612 g/mol. The third-order valence-electron chi connectivity index (χ3n) is 7.15. The normalized spacial score (nSPS) is 17.5. The number of thiazole rings is 1. The molecule has 0 unspecified atom stereocenters. The number of carboxylic acids is 1. The number of aromatic nitrogens is 2. The minimum atomic E-state index is -4.71. The molecule has 42 heavy (non-hydrogen) atoms. The molecule has 0 radical (unpaired) electrons. The van der Waals surface area contributed by atoms with Crippen LogP contribution in [0.2, 0.25) is 0 Å². The first-order chi connectivity index (χ1) is 19.8. The Bertz CT molecular complexity index is 1460. The maximum Gasteiger partial charge on any atom is 0.419 e. The molecule has 2 fully saturated rings. The summed E-state index contributed by atoms with van der Waals surface area (Å²) in [6.07, 6.45) is -2.37. The van der Waals surface area contributed by atoms with Crippen molar-refractivity contribution in [3.8, 4) is 17.0 Å². The van der Waals surface area contributed by atoms with Crippen molar-refractivity contribution in [2.45, 2.75) is 31.5 Å². The van der Waals surface area contributed by atoms with E-state index in [9.17, 15) is 36.6 Å². The van der Waals surface area contributed by atoms with Gasteiger partial charge in [0.05, 0.1) is 42.9 Å². The van der Waals surface area contributed by atoms with Crippen molar-refractivity contribution in [2.24, 2.45) is 5.92 Å². The second-order valence-electron chi connectivity index (χ2n) is 10.2. The minimum absolute atomic E-state index is 0.0145. The van der Waals surface area contributed by atoms with E-state index in [-0.39, 0.29) is 34.2 Å². The number of pyridine rings is 1. The maximum absolute atomic E-state index is 13.7. The fourth-order valence-electron chi connectivity index (χ4n) is 4.97. The first kappa shape index (κ1) is 29.6. The van der Waals surface area contributed by atoms with Crippen molar-refractivity contribution in [1.82, 2.24) is 14.9 Å². The standard InChI is InChI=1S/C27H26F5N5O4S/c1-41-19-4-2-16(10-18(19)27(30,31)32)22-20(12-36-13-26(28,29)14-36)42-25(34-22)35-23(38)17-3-5-21(33-11-17)37-8-6-15(7-9-37)24(39)40/h2-5,10-11,15H,6-9,12-14H2,1H3,(H,39,40)(H,34,35,38). The van der Waals surface area contributed by atoms with Crippen LogP contribution in [0.3, 0.4) is 0 Å². The van der Waals surface area contributed by atoms with Crippen LogP contribution in [0.5, 0.6) is 5.75 Å². The quantitative estimate of drug-likeness (QED) is 0.334. The summed E-state index contributed by atoms with van der Waals surface area (Å²) in [4.78, 5) is 36.7. The van der Waals surface area contributed by atoms with Gasteiger partial charge in [0, 0.05) is 36.3 Å². The van der Waals surface area contributed by atoms with E-state index in [0.29, 0.717) is 36.6 Å². The van der Waals surface area contributed by atoms with Crippen molar-refractivity contribution in [1.29, 1.82) is 0 Å². The van der Waals surface area contributed by atoms with Gasteiger partial charge in [0.2, 0.25) is 0 Å². The summed E-state index contributed by atoms with van der Waals surface area (Å²) < 4.78 is 72.8. The van der Waals surface area contributed by atoms with E-state index in [1.54, 1.807) is 12.1 Å². The zero-order valence-corrected chi connectivity index (χ0v) is 23.1. The highest BCUT2D eigenvalue weighted by atomic mass is 32.1. The highest BCUT2D eigenvalue weighted by molar-refractivity contribution is 7.16. The highest BCUT2D eigenvalue weighted by Crippen LogP contribution is 2.41. The Labute approximate surface area is 240 Å². The van der Waals surface area contributed by atoms with Gasteiger partial charge in [0.15, 0.2) is 5.13 Å². The molecule has 224 valence electrons. The van der Waals surface area contributed by atoms with Gasteiger partial charge in [-0.15, -0.1) is 0 Å². The molecule has 0 bridgehead atoms. The second-order valence-corrected chi connectivity index (χ2v) is 11.2. The number of carbonyl (C=O) groups is 2. The third kappa shape index (κ3) is 6.46. The van der Waals surface area contributed by atoms with Gasteiger partial charge < -0.3 is 14.7 Å². The number of anilines is 2. The number of hydrogen-bond donors (Lipinski definition) is 2. The summed E-state index contributed by atoms with van der Waals surface area (Å²) in [6.45, 7) is 0.0681. The molecule has 2 aliphatic heterocycles. The average Bonchev–Trinajstić information content (AvgIpc) is 3.33. The number of carboxylic acid groups (broad SMARTS) is 1. The summed E-state index contributed by atoms with van der Waals surface area (Å²) >= 11 is 0.988. The van der Waals surface area contributed by atoms with E-state index < -0.39 is 48.5 Å². The Morgan fingerprint density at radius 1 is 1.17 bits per heavy atom. The Morgan fingerprint density at radius 2 is 1.88 bits per heavy atom. The van der Waals surface area contributed by atoms with Crippen molar-refractivity contribution in [2.75, 3.05) is 43.5 Å². The first-order valence-electron chi connectivity index (χ1n) is 12.9. The SMILES string of the molecule is COc1ccc(-c2nc(NC(=O)c3ccc(N4CCC(C(=O)O)CC4)nc3)sc2CN2CC(F)(F)C2)cc1C(F)(F)F. The van der Waals surface area contributed by atoms with Gasteiger partial charge in [-0.05, 0) is 43.2 Å². The van der Waals surface area contributed by atoms with E-state index in [1.807, 2.05) is 4.90 Å². The molecule has 2 N–H and O–H groups in total. The van der Waals surface area contributed by atoms with Gasteiger partial charge in [-0.1, -0.05) is 11.3 Å². The van der Waals surface area contributed by atoms with Crippen molar-refractivity contribution in [3.63, 3.8) is 0 Å². The Balaban J connectivity index is 1.35. The zero-order valence-electron chi connectivity index (χ0n) is 22.3. The van der Waals surface area contributed by atoms with Crippen LogP contribution in [0, 0.1) is 5.92 Å². The molecular weight excluding hydrogens is 585 g/mol. The van der Waals surface area contributed by atoms with E-state index in [0.717, 1.165) is 30.6 Å². The fourth-order valence-corrected chi connectivity index (χ4v) is 5.99. The summed E-state index contributed by atoms with van der Waals surface area (Å²) in [5.74, 6) is -4.39. The van der Waals surface area contributed by atoms with E-state index in [4.69, 9.17) is 4.74 Å². The largest absolute Gasteiger partial charge is 0.496 e. The number of piperidine rings is 1. The Hall–Kier alpha value is -3.85. The number of alkyl halides is 5. The number of hydrogen-bond acceptors (Lipinski definition) is 8. The minimum Gasteiger partial charge on any atom is -0.496 e. The number of rotatable bonds is 8. The van der Waals surface area contributed by atoms with Crippen LogP contribution in [0.4, 0.5) is 32.9 Å². The number of nitrogens with one attached hydrogen (secondary N) is 1. The van der Waals surface area contributed by atoms with Crippen LogP contribution in [0.15, 0.2) is 36.5 Å². The monoisotopic (exact) mass is 611 g/mol. The van der Waals surface area contributed by atoms with Crippen LogP contribution in [-0.2, 0) is 17.5 Å². The van der Waals surface area contributed by atoms with Gasteiger partial charge in [-0.3, -0.25) is 19.8 Å². The van der Waals surface area contributed by atoms with Crippen LogP contribution in [0.25, 0.3) is 11.3 Å². The van der Waals surface area contributed by atoms with Crippen molar-refractivity contribution < 1.29 is 41.4 Å². The third-order valence-corrected chi connectivity index (χ3v) is 8.11. The lowest BCUT2D eigenvalue weighted by Crippen LogP contribution is -2.55. The summed E-state index contributed by atoms with van der Waals surface area (Å²) in [5, 5.41) is 11.9.